The molecule has 4 heteroatoms. The van der Waals surface area contributed by atoms with Gasteiger partial charge in [-0.15, -0.1) is 0 Å². The highest BCUT2D eigenvalue weighted by molar-refractivity contribution is 5.50. The lowest BCUT2D eigenvalue weighted by molar-refractivity contribution is 0.588. The molecule has 2 nitrogen and oxygen atoms in total. The van der Waals surface area contributed by atoms with Gasteiger partial charge >= 0.3 is 0 Å². The molecule has 0 saturated carbocycles. The summed E-state index contributed by atoms with van der Waals surface area (Å²) in [6.07, 6.45) is 0. The molecule has 0 aliphatic carbocycles. The molecule has 0 radical (unpaired) electrons. The summed E-state index contributed by atoms with van der Waals surface area (Å²) in [5.74, 6) is -1.54. The van der Waals surface area contributed by atoms with Crippen LogP contribution in [0.1, 0.15) is 12.5 Å². The van der Waals surface area contributed by atoms with Crippen molar-refractivity contribution in [2.45, 2.75) is 6.92 Å². The highest BCUT2D eigenvalue weighted by Gasteiger charge is 2.10. The molecule has 1 N–H and O–H groups in total. The van der Waals surface area contributed by atoms with E-state index in [1.807, 2.05) is 0 Å². The molecule has 0 amide bonds. The third kappa shape index (κ3) is 2.78. The third-order valence-electron chi connectivity index (χ3n) is 1.74. The summed E-state index contributed by atoms with van der Waals surface area (Å²) in [7, 11) is 0. The molecule has 78 valence electrons. The molecule has 0 fully saturated rings. The molecule has 1 rings (SSSR count). The maximum absolute atomic E-state index is 13.3. The van der Waals surface area contributed by atoms with Crippen LogP contribution < -0.4 is 5.32 Å². The summed E-state index contributed by atoms with van der Waals surface area (Å²) in [5, 5.41) is 11.1. The van der Waals surface area contributed by atoms with E-state index >= 15 is 0 Å². The maximum atomic E-state index is 13.3. The number of rotatable bonds is 3. The van der Waals surface area contributed by atoms with Crippen molar-refractivity contribution >= 4 is 5.69 Å². The Balaban J connectivity index is 2.99. The molecule has 1 aromatic carbocycles. The van der Waals surface area contributed by atoms with E-state index < -0.39 is 11.6 Å². The van der Waals surface area contributed by atoms with E-state index in [1.54, 1.807) is 13.0 Å². The van der Waals surface area contributed by atoms with E-state index in [-0.39, 0.29) is 11.3 Å². The predicted molar refractivity (Wildman–Crippen MR) is 54.4 cm³/mol. The van der Waals surface area contributed by atoms with Gasteiger partial charge in [0, 0.05) is 6.54 Å². The minimum Gasteiger partial charge on any atom is -0.377 e. The van der Waals surface area contributed by atoms with Gasteiger partial charge in [0.25, 0.3) is 0 Å². The SMILES string of the molecule is C=C(C)CNc1c(F)cc(C#N)cc1F. The second-order valence-corrected chi connectivity index (χ2v) is 3.24. The van der Waals surface area contributed by atoms with E-state index in [0.29, 0.717) is 6.54 Å². The first-order valence-electron chi connectivity index (χ1n) is 4.32. The van der Waals surface area contributed by atoms with Crippen LogP contribution in [0.15, 0.2) is 24.3 Å². The number of nitrogens with one attached hydrogen (secondary N) is 1. The van der Waals surface area contributed by atoms with Gasteiger partial charge in [0.15, 0.2) is 11.6 Å². The Labute approximate surface area is 86.8 Å². The van der Waals surface area contributed by atoms with E-state index in [4.69, 9.17) is 5.26 Å². The third-order valence-corrected chi connectivity index (χ3v) is 1.74. The molecule has 0 heterocycles. The largest absolute Gasteiger partial charge is 0.377 e. The second kappa shape index (κ2) is 4.56. The standard InChI is InChI=1S/C11H10F2N2/c1-7(2)6-15-11-9(12)3-8(5-14)4-10(11)13/h3-4,15H,1,6H2,2H3. The number of anilines is 1. The summed E-state index contributed by atoms with van der Waals surface area (Å²) < 4.78 is 26.5. The molecule has 0 unspecified atom stereocenters. The van der Waals surface area contributed by atoms with E-state index in [1.165, 1.54) is 0 Å². The molecular formula is C11H10F2N2. The van der Waals surface area contributed by atoms with Crippen LogP contribution in [0, 0.1) is 23.0 Å². The van der Waals surface area contributed by atoms with Crippen LogP contribution >= 0.6 is 0 Å². The van der Waals surface area contributed by atoms with Crippen molar-refractivity contribution in [3.63, 3.8) is 0 Å². The Hall–Kier alpha value is -1.89. The van der Waals surface area contributed by atoms with Crippen LogP contribution in [0.2, 0.25) is 0 Å². The van der Waals surface area contributed by atoms with Crippen molar-refractivity contribution < 1.29 is 8.78 Å². The fourth-order valence-corrected chi connectivity index (χ4v) is 1.05. The number of nitriles is 1. The van der Waals surface area contributed by atoms with Gasteiger partial charge in [0.05, 0.1) is 11.6 Å². The lowest BCUT2D eigenvalue weighted by Gasteiger charge is -2.08. The van der Waals surface area contributed by atoms with Crippen molar-refractivity contribution in [3.05, 3.63) is 41.5 Å². The van der Waals surface area contributed by atoms with E-state index in [0.717, 1.165) is 17.7 Å². The van der Waals surface area contributed by atoms with Crippen LogP contribution in [0.25, 0.3) is 0 Å². The first kappa shape index (κ1) is 11.2. The van der Waals surface area contributed by atoms with Gasteiger partial charge < -0.3 is 5.32 Å². The average Bonchev–Trinajstić information content (AvgIpc) is 2.15. The smallest absolute Gasteiger partial charge is 0.150 e. The number of hydrogen-bond acceptors (Lipinski definition) is 2. The zero-order chi connectivity index (χ0) is 11.4. The zero-order valence-electron chi connectivity index (χ0n) is 8.27. The van der Waals surface area contributed by atoms with Crippen LogP contribution in [0.5, 0.6) is 0 Å². The predicted octanol–water partition coefficient (Wildman–Crippen LogP) is 2.82. The maximum Gasteiger partial charge on any atom is 0.150 e. The summed E-state index contributed by atoms with van der Waals surface area (Å²) in [6.45, 7) is 5.64. The number of nitrogens with zero attached hydrogens (tertiary/aromatic N) is 1. The Morgan fingerprint density at radius 3 is 2.40 bits per heavy atom. The van der Waals surface area contributed by atoms with Crippen molar-refractivity contribution in [2.75, 3.05) is 11.9 Å². The fraction of sp³-hybridized carbons (Fsp3) is 0.182. The lowest BCUT2D eigenvalue weighted by atomic mass is 10.2. The Morgan fingerprint density at radius 2 is 2.00 bits per heavy atom. The van der Waals surface area contributed by atoms with Crippen molar-refractivity contribution in [2.24, 2.45) is 0 Å². The average molecular weight is 208 g/mol. The summed E-state index contributed by atoms with van der Waals surface area (Å²) in [6, 6.07) is 3.66. The Bertz CT molecular complexity index is 410. The molecule has 1 aromatic rings. The van der Waals surface area contributed by atoms with Gasteiger partial charge in [-0.2, -0.15) is 5.26 Å². The number of hydrogen-bond donors (Lipinski definition) is 1. The zero-order valence-corrected chi connectivity index (χ0v) is 8.27. The Morgan fingerprint density at radius 1 is 1.47 bits per heavy atom. The van der Waals surface area contributed by atoms with Crippen LogP contribution in [0.3, 0.4) is 0 Å². The first-order chi connectivity index (χ1) is 7.04. The molecule has 0 atom stereocenters. The molecule has 0 saturated heterocycles. The van der Waals surface area contributed by atoms with Crippen molar-refractivity contribution in [1.29, 1.82) is 5.26 Å². The molecule has 0 aliphatic heterocycles. The quantitative estimate of drug-likeness (QED) is 0.775. The van der Waals surface area contributed by atoms with Crippen LogP contribution in [0.4, 0.5) is 14.5 Å². The van der Waals surface area contributed by atoms with Gasteiger partial charge in [0.1, 0.15) is 5.69 Å². The number of benzene rings is 1. The Kier molecular flexibility index (Phi) is 3.40. The van der Waals surface area contributed by atoms with E-state index in [2.05, 4.69) is 11.9 Å². The highest BCUT2D eigenvalue weighted by atomic mass is 19.1. The number of halogens is 2. The second-order valence-electron chi connectivity index (χ2n) is 3.24. The normalized spacial score (nSPS) is 9.47. The van der Waals surface area contributed by atoms with Gasteiger partial charge in [-0.05, 0) is 19.1 Å². The summed E-state index contributed by atoms with van der Waals surface area (Å²) in [5.41, 5.74) is 0.501. The van der Waals surface area contributed by atoms with Crippen LogP contribution in [-0.4, -0.2) is 6.54 Å². The highest BCUT2D eigenvalue weighted by Crippen LogP contribution is 2.20. The molecule has 0 spiro atoms. The van der Waals surface area contributed by atoms with Crippen molar-refractivity contribution in [1.82, 2.24) is 0 Å². The molecular weight excluding hydrogens is 198 g/mol. The van der Waals surface area contributed by atoms with Crippen molar-refractivity contribution in [3.8, 4) is 6.07 Å². The summed E-state index contributed by atoms with van der Waals surface area (Å²) in [4.78, 5) is 0. The molecule has 0 aromatic heterocycles. The lowest BCUT2D eigenvalue weighted by Crippen LogP contribution is -2.06. The van der Waals surface area contributed by atoms with Gasteiger partial charge in [-0.1, -0.05) is 12.2 Å². The van der Waals surface area contributed by atoms with Gasteiger partial charge in [-0.25, -0.2) is 8.78 Å². The van der Waals surface area contributed by atoms with Gasteiger partial charge in [-0.3, -0.25) is 0 Å². The van der Waals surface area contributed by atoms with Crippen LogP contribution in [-0.2, 0) is 0 Å². The minimum atomic E-state index is -0.771. The first-order valence-corrected chi connectivity index (χ1v) is 4.32. The molecule has 0 aliphatic rings. The fourth-order valence-electron chi connectivity index (χ4n) is 1.05. The minimum absolute atomic E-state index is 0.0362. The van der Waals surface area contributed by atoms with E-state index in [9.17, 15) is 8.78 Å². The molecule has 0 bridgehead atoms. The topological polar surface area (TPSA) is 35.8 Å². The summed E-state index contributed by atoms with van der Waals surface area (Å²) >= 11 is 0. The monoisotopic (exact) mass is 208 g/mol. The molecule has 15 heavy (non-hydrogen) atoms. The van der Waals surface area contributed by atoms with Gasteiger partial charge in [0.2, 0.25) is 0 Å².